The van der Waals surface area contributed by atoms with Gasteiger partial charge >= 0.3 is 0 Å². The zero-order valence-corrected chi connectivity index (χ0v) is 20.5. The van der Waals surface area contributed by atoms with Gasteiger partial charge in [-0.2, -0.15) is 0 Å². The third kappa shape index (κ3) is 6.44. The maximum Gasteiger partial charge on any atom is 0.270 e. The van der Waals surface area contributed by atoms with Crippen molar-refractivity contribution in [1.29, 1.82) is 0 Å². The Kier molecular flexibility index (Phi) is 8.57. The van der Waals surface area contributed by atoms with Gasteiger partial charge in [0.05, 0.1) is 32.8 Å². The molecule has 0 spiro atoms. The van der Waals surface area contributed by atoms with Crippen LogP contribution in [0.3, 0.4) is 0 Å². The highest BCUT2D eigenvalue weighted by atomic mass is 35.5. The lowest BCUT2D eigenvalue weighted by Crippen LogP contribution is -2.35. The Morgan fingerprint density at radius 3 is 2.29 bits per heavy atom. The number of nitro benzene ring substituents is 1. The van der Waals surface area contributed by atoms with Crippen molar-refractivity contribution in [2.45, 2.75) is 19.4 Å². The molecule has 2 N–H and O–H groups in total. The summed E-state index contributed by atoms with van der Waals surface area (Å²) in [5, 5.41) is 16.5. The predicted octanol–water partition coefficient (Wildman–Crippen LogP) is 5.10. The highest BCUT2D eigenvalue weighted by molar-refractivity contribution is 6.34. The van der Waals surface area contributed by atoms with Crippen molar-refractivity contribution in [3.05, 3.63) is 104 Å². The number of nitro groups is 1. The topological polar surface area (TPSA) is 105 Å². The monoisotopic (exact) mass is 494 g/mol. The minimum Gasteiger partial charge on any atom is -0.350 e. The van der Waals surface area contributed by atoms with E-state index >= 15 is 0 Å². The molecule has 0 aliphatic heterocycles. The highest BCUT2D eigenvalue weighted by Crippen LogP contribution is 2.25. The Bertz CT molecular complexity index is 1230. The van der Waals surface area contributed by atoms with Crippen LogP contribution >= 0.6 is 11.6 Å². The van der Waals surface area contributed by atoms with E-state index < -0.39 is 10.8 Å². The van der Waals surface area contributed by atoms with E-state index in [2.05, 4.69) is 41.8 Å². The van der Waals surface area contributed by atoms with Crippen molar-refractivity contribution in [3.8, 4) is 0 Å². The van der Waals surface area contributed by atoms with Gasteiger partial charge in [0.1, 0.15) is 0 Å². The Hall–Kier alpha value is -3.75. The van der Waals surface area contributed by atoms with E-state index in [0.717, 1.165) is 18.1 Å². The zero-order valence-electron chi connectivity index (χ0n) is 19.7. The molecule has 1 unspecified atom stereocenters. The number of halogens is 1. The van der Waals surface area contributed by atoms with Crippen molar-refractivity contribution in [2.24, 2.45) is 0 Å². The van der Waals surface area contributed by atoms with Gasteiger partial charge < -0.3 is 15.5 Å². The molecule has 0 aliphatic rings. The Morgan fingerprint density at radius 2 is 1.69 bits per heavy atom. The molecule has 2 amide bonds. The van der Waals surface area contributed by atoms with Crippen LogP contribution in [0.25, 0.3) is 0 Å². The molecule has 0 radical (unpaired) electrons. The van der Waals surface area contributed by atoms with E-state index in [4.69, 9.17) is 11.6 Å². The number of aryl methyl sites for hydroxylation is 1. The SMILES string of the molecule is CCc1ccc(C(CNC(=O)c2ccccc2NC(=O)c2ccc([N+](=O)[O-])cc2Cl)N(C)C)cc1. The summed E-state index contributed by atoms with van der Waals surface area (Å²) in [7, 11) is 3.90. The summed E-state index contributed by atoms with van der Waals surface area (Å²) in [4.78, 5) is 38.2. The first-order valence-corrected chi connectivity index (χ1v) is 11.5. The molecule has 0 heterocycles. The molecule has 3 aromatic rings. The number of carbonyl (C=O) groups excluding carboxylic acids is 2. The summed E-state index contributed by atoms with van der Waals surface area (Å²) < 4.78 is 0. The van der Waals surface area contributed by atoms with Crippen molar-refractivity contribution in [1.82, 2.24) is 10.2 Å². The largest absolute Gasteiger partial charge is 0.350 e. The highest BCUT2D eigenvalue weighted by Gasteiger charge is 2.20. The molecule has 8 nitrogen and oxygen atoms in total. The number of hydrogen-bond donors (Lipinski definition) is 2. The molecule has 182 valence electrons. The molecule has 9 heteroatoms. The summed E-state index contributed by atoms with van der Waals surface area (Å²) in [6, 6.07) is 18.5. The number of non-ortho nitro benzene ring substituents is 1. The molecule has 0 bridgehead atoms. The fourth-order valence-corrected chi connectivity index (χ4v) is 3.90. The van der Waals surface area contributed by atoms with Gasteiger partial charge in [0.25, 0.3) is 17.5 Å². The first-order valence-electron chi connectivity index (χ1n) is 11.1. The molecule has 0 fully saturated rings. The summed E-state index contributed by atoms with van der Waals surface area (Å²) in [6.45, 7) is 2.47. The lowest BCUT2D eigenvalue weighted by molar-refractivity contribution is -0.384. The molecule has 0 saturated heterocycles. The van der Waals surface area contributed by atoms with Crippen LogP contribution in [0.1, 0.15) is 44.8 Å². The zero-order chi connectivity index (χ0) is 25.5. The molecule has 0 aromatic heterocycles. The fourth-order valence-electron chi connectivity index (χ4n) is 3.64. The van der Waals surface area contributed by atoms with E-state index in [0.29, 0.717) is 12.2 Å². The number of benzene rings is 3. The minimum absolute atomic E-state index is 0.0366. The quantitative estimate of drug-likeness (QED) is 0.318. The van der Waals surface area contributed by atoms with Crippen molar-refractivity contribution in [3.63, 3.8) is 0 Å². The summed E-state index contributed by atoms with van der Waals surface area (Å²) in [5.41, 5.74) is 2.77. The third-order valence-corrected chi connectivity index (χ3v) is 5.99. The fraction of sp³-hybridized carbons (Fsp3) is 0.231. The molecular formula is C26H27ClN4O4. The first kappa shape index (κ1) is 25.9. The van der Waals surface area contributed by atoms with E-state index in [-0.39, 0.29) is 33.8 Å². The third-order valence-electron chi connectivity index (χ3n) is 5.68. The van der Waals surface area contributed by atoms with Crippen molar-refractivity contribution in [2.75, 3.05) is 26.0 Å². The number of carbonyl (C=O) groups is 2. The van der Waals surface area contributed by atoms with Crippen LogP contribution in [-0.4, -0.2) is 42.3 Å². The van der Waals surface area contributed by atoms with Gasteiger partial charge in [-0.25, -0.2) is 0 Å². The van der Waals surface area contributed by atoms with Gasteiger partial charge in [-0.1, -0.05) is 54.9 Å². The van der Waals surface area contributed by atoms with Crippen LogP contribution in [0.4, 0.5) is 11.4 Å². The van der Waals surface area contributed by atoms with E-state index in [1.807, 2.05) is 19.0 Å². The summed E-state index contributed by atoms with van der Waals surface area (Å²) in [5.74, 6) is -0.917. The summed E-state index contributed by atoms with van der Waals surface area (Å²) >= 11 is 6.08. The standard InChI is InChI=1S/C26H27ClN4O4/c1-4-17-9-11-18(12-10-17)24(30(2)3)16-28-25(32)21-7-5-6-8-23(21)29-26(33)20-14-13-19(31(34)35)15-22(20)27/h5-15,24H,4,16H2,1-3H3,(H,28,32)(H,29,33). The number of nitrogens with one attached hydrogen (secondary N) is 2. The summed E-state index contributed by atoms with van der Waals surface area (Å²) in [6.07, 6.45) is 0.956. The average molecular weight is 495 g/mol. The lowest BCUT2D eigenvalue weighted by atomic mass is 10.0. The number of anilines is 1. The molecule has 0 aliphatic carbocycles. The van der Waals surface area contributed by atoms with Gasteiger partial charge in [-0.3, -0.25) is 19.7 Å². The second-order valence-electron chi connectivity index (χ2n) is 8.21. The smallest absolute Gasteiger partial charge is 0.270 e. The number of nitrogens with zero attached hydrogens (tertiary/aromatic N) is 2. The van der Waals surface area contributed by atoms with E-state index in [9.17, 15) is 19.7 Å². The molecule has 35 heavy (non-hydrogen) atoms. The Morgan fingerprint density at radius 1 is 1.00 bits per heavy atom. The lowest BCUT2D eigenvalue weighted by Gasteiger charge is -2.25. The maximum absolute atomic E-state index is 13.0. The molecule has 1 atom stereocenters. The average Bonchev–Trinajstić information content (AvgIpc) is 2.84. The maximum atomic E-state index is 13.0. The van der Waals surface area contributed by atoms with Gasteiger partial charge in [0.15, 0.2) is 0 Å². The molecule has 0 saturated carbocycles. The number of rotatable bonds is 9. The van der Waals surface area contributed by atoms with Crippen LogP contribution in [0.2, 0.25) is 5.02 Å². The number of para-hydroxylation sites is 1. The van der Waals surface area contributed by atoms with Gasteiger partial charge in [-0.05, 0) is 49.8 Å². The van der Waals surface area contributed by atoms with Crippen LogP contribution in [0.15, 0.2) is 66.7 Å². The normalized spacial score (nSPS) is 11.7. The number of hydrogen-bond acceptors (Lipinski definition) is 5. The van der Waals surface area contributed by atoms with Gasteiger partial charge in [0.2, 0.25) is 0 Å². The van der Waals surface area contributed by atoms with Crippen molar-refractivity contribution < 1.29 is 14.5 Å². The number of likely N-dealkylation sites (N-methyl/N-ethyl adjacent to an activating group) is 1. The minimum atomic E-state index is -0.591. The second kappa shape index (κ2) is 11.6. The van der Waals surface area contributed by atoms with Crippen LogP contribution in [0.5, 0.6) is 0 Å². The molecule has 3 aromatic carbocycles. The Balaban J connectivity index is 1.74. The molecule has 3 rings (SSSR count). The second-order valence-corrected chi connectivity index (χ2v) is 8.61. The van der Waals surface area contributed by atoms with E-state index in [1.165, 1.54) is 17.7 Å². The van der Waals surface area contributed by atoms with Crippen LogP contribution in [0, 0.1) is 10.1 Å². The Labute approximate surface area is 209 Å². The van der Waals surface area contributed by atoms with Gasteiger partial charge in [0, 0.05) is 18.7 Å². The first-order chi connectivity index (χ1) is 16.7. The van der Waals surface area contributed by atoms with Crippen molar-refractivity contribution >= 4 is 34.8 Å². The predicted molar refractivity (Wildman–Crippen MR) is 137 cm³/mol. The van der Waals surface area contributed by atoms with Crippen LogP contribution in [-0.2, 0) is 6.42 Å². The van der Waals surface area contributed by atoms with E-state index in [1.54, 1.807) is 24.3 Å². The van der Waals surface area contributed by atoms with Gasteiger partial charge in [-0.15, -0.1) is 0 Å². The van der Waals surface area contributed by atoms with Crippen LogP contribution < -0.4 is 10.6 Å². The number of amides is 2. The molecular weight excluding hydrogens is 468 g/mol.